The highest BCUT2D eigenvalue weighted by molar-refractivity contribution is 6.04. The number of aryl methyl sites for hydroxylation is 2. The molecule has 0 unspecified atom stereocenters. The summed E-state index contributed by atoms with van der Waals surface area (Å²) in [5.74, 6) is -0.576. The van der Waals surface area contributed by atoms with Crippen molar-refractivity contribution in [1.29, 1.82) is 0 Å². The van der Waals surface area contributed by atoms with Gasteiger partial charge < -0.3 is 11.1 Å². The number of rotatable bonds is 3. The van der Waals surface area contributed by atoms with Gasteiger partial charge in [-0.2, -0.15) is 0 Å². The summed E-state index contributed by atoms with van der Waals surface area (Å²) in [5, 5.41) is 2.83. The van der Waals surface area contributed by atoms with Crippen molar-refractivity contribution in [3.05, 3.63) is 64.5 Å². The molecule has 3 N–H and O–H groups in total. The van der Waals surface area contributed by atoms with Crippen molar-refractivity contribution in [3.63, 3.8) is 0 Å². The Morgan fingerprint density at radius 3 is 2.55 bits per heavy atom. The third-order valence-electron chi connectivity index (χ3n) is 3.21. The minimum atomic E-state index is -0.317. The average molecular weight is 272 g/mol. The Morgan fingerprint density at radius 2 is 1.90 bits per heavy atom. The summed E-state index contributed by atoms with van der Waals surface area (Å²) in [7, 11) is 0. The average Bonchev–Trinajstić information content (AvgIpc) is 2.44. The van der Waals surface area contributed by atoms with Crippen LogP contribution < -0.4 is 11.1 Å². The van der Waals surface area contributed by atoms with Crippen LogP contribution in [0, 0.1) is 19.7 Å². The summed E-state index contributed by atoms with van der Waals surface area (Å²) in [6.45, 7) is 3.96. The zero-order valence-electron chi connectivity index (χ0n) is 11.5. The van der Waals surface area contributed by atoms with Gasteiger partial charge in [0.25, 0.3) is 5.91 Å². The molecule has 20 heavy (non-hydrogen) atoms. The molecular formula is C16H17FN2O. The summed E-state index contributed by atoms with van der Waals surface area (Å²) in [6.07, 6.45) is 0. The molecule has 0 bridgehead atoms. The first-order chi connectivity index (χ1) is 9.51. The number of halogens is 1. The van der Waals surface area contributed by atoms with Crippen LogP contribution in [0.4, 0.5) is 10.1 Å². The van der Waals surface area contributed by atoms with Gasteiger partial charge in [-0.15, -0.1) is 0 Å². The third-order valence-corrected chi connectivity index (χ3v) is 3.21. The fourth-order valence-corrected chi connectivity index (χ4v) is 1.91. The number of carbonyl (C=O) groups excluding carboxylic acids is 1. The molecule has 0 fully saturated rings. The molecule has 104 valence electrons. The van der Waals surface area contributed by atoms with E-state index in [1.807, 2.05) is 25.1 Å². The number of benzene rings is 2. The van der Waals surface area contributed by atoms with Gasteiger partial charge >= 0.3 is 0 Å². The fraction of sp³-hybridized carbons (Fsp3) is 0.188. The summed E-state index contributed by atoms with van der Waals surface area (Å²) in [4.78, 5) is 12.2. The molecule has 0 aliphatic rings. The summed E-state index contributed by atoms with van der Waals surface area (Å²) in [6, 6.07) is 9.99. The van der Waals surface area contributed by atoms with Gasteiger partial charge in [0.05, 0.1) is 0 Å². The van der Waals surface area contributed by atoms with Crippen LogP contribution in [0.25, 0.3) is 0 Å². The Hall–Kier alpha value is -2.20. The molecule has 0 aliphatic heterocycles. The highest BCUT2D eigenvalue weighted by atomic mass is 19.1. The number of hydrogen-bond acceptors (Lipinski definition) is 2. The van der Waals surface area contributed by atoms with Gasteiger partial charge in [0.2, 0.25) is 0 Å². The second kappa shape index (κ2) is 5.84. The van der Waals surface area contributed by atoms with Gasteiger partial charge in [-0.25, -0.2) is 4.39 Å². The molecule has 0 radical (unpaired) electrons. The number of anilines is 1. The van der Waals surface area contributed by atoms with E-state index in [9.17, 15) is 9.18 Å². The number of nitrogens with one attached hydrogen (secondary N) is 1. The van der Waals surface area contributed by atoms with Gasteiger partial charge in [0.15, 0.2) is 0 Å². The highest BCUT2D eigenvalue weighted by Gasteiger charge is 2.09. The van der Waals surface area contributed by atoms with E-state index in [0.29, 0.717) is 17.7 Å². The normalized spacial score (nSPS) is 10.4. The van der Waals surface area contributed by atoms with Crippen molar-refractivity contribution in [1.82, 2.24) is 0 Å². The molecule has 0 atom stereocenters. The van der Waals surface area contributed by atoms with Crippen molar-refractivity contribution in [2.24, 2.45) is 5.73 Å². The monoisotopic (exact) mass is 272 g/mol. The molecule has 1 amide bonds. The van der Waals surface area contributed by atoms with E-state index in [0.717, 1.165) is 16.8 Å². The zero-order valence-corrected chi connectivity index (χ0v) is 11.5. The zero-order chi connectivity index (χ0) is 14.7. The predicted molar refractivity (Wildman–Crippen MR) is 78.2 cm³/mol. The smallest absolute Gasteiger partial charge is 0.255 e. The standard InChI is InChI=1S/C16H17FN2O/c1-10-3-4-12(9-18)8-15(10)19-16(20)13-5-6-14(17)11(2)7-13/h3-8H,9,18H2,1-2H3,(H,19,20). The molecule has 0 aromatic heterocycles. The lowest BCUT2D eigenvalue weighted by molar-refractivity contribution is 0.102. The maximum absolute atomic E-state index is 13.2. The molecule has 0 spiro atoms. The van der Waals surface area contributed by atoms with E-state index in [1.165, 1.54) is 18.2 Å². The minimum absolute atomic E-state index is 0.259. The quantitative estimate of drug-likeness (QED) is 0.901. The maximum Gasteiger partial charge on any atom is 0.255 e. The predicted octanol–water partition coefficient (Wildman–Crippen LogP) is 3.15. The van der Waals surface area contributed by atoms with E-state index in [2.05, 4.69) is 5.32 Å². The fourth-order valence-electron chi connectivity index (χ4n) is 1.91. The number of hydrogen-bond donors (Lipinski definition) is 2. The van der Waals surface area contributed by atoms with Crippen molar-refractivity contribution in [2.75, 3.05) is 5.32 Å². The molecular weight excluding hydrogens is 255 g/mol. The SMILES string of the molecule is Cc1cc(C(=O)Nc2cc(CN)ccc2C)ccc1F. The van der Waals surface area contributed by atoms with Gasteiger partial charge in [-0.05, 0) is 54.8 Å². The molecule has 0 heterocycles. The molecule has 0 aliphatic carbocycles. The van der Waals surface area contributed by atoms with E-state index < -0.39 is 0 Å². The summed E-state index contributed by atoms with van der Waals surface area (Å²) in [5.41, 5.74) is 9.09. The van der Waals surface area contributed by atoms with Crippen molar-refractivity contribution in [2.45, 2.75) is 20.4 Å². The first-order valence-corrected chi connectivity index (χ1v) is 6.38. The minimum Gasteiger partial charge on any atom is -0.326 e. The van der Waals surface area contributed by atoms with Crippen LogP contribution in [0.5, 0.6) is 0 Å². The van der Waals surface area contributed by atoms with Gasteiger partial charge in [0.1, 0.15) is 5.82 Å². The van der Waals surface area contributed by atoms with E-state index in [-0.39, 0.29) is 11.7 Å². The van der Waals surface area contributed by atoms with Crippen LogP contribution >= 0.6 is 0 Å². The van der Waals surface area contributed by atoms with E-state index in [1.54, 1.807) is 6.92 Å². The molecule has 0 saturated carbocycles. The van der Waals surface area contributed by atoms with Crippen molar-refractivity contribution < 1.29 is 9.18 Å². The number of carbonyl (C=O) groups is 1. The molecule has 0 saturated heterocycles. The van der Waals surface area contributed by atoms with Crippen LogP contribution in [0.1, 0.15) is 27.0 Å². The van der Waals surface area contributed by atoms with Crippen molar-refractivity contribution in [3.8, 4) is 0 Å². The van der Waals surface area contributed by atoms with Gasteiger partial charge in [-0.3, -0.25) is 4.79 Å². The maximum atomic E-state index is 13.2. The van der Waals surface area contributed by atoms with Crippen molar-refractivity contribution >= 4 is 11.6 Å². The Bertz CT molecular complexity index is 653. The van der Waals surface area contributed by atoms with E-state index >= 15 is 0 Å². The van der Waals surface area contributed by atoms with Gasteiger partial charge in [-0.1, -0.05) is 12.1 Å². The Balaban J connectivity index is 2.25. The molecule has 2 aromatic rings. The second-order valence-corrected chi connectivity index (χ2v) is 4.77. The third kappa shape index (κ3) is 3.03. The molecule has 2 aromatic carbocycles. The Labute approximate surface area is 117 Å². The second-order valence-electron chi connectivity index (χ2n) is 4.77. The lowest BCUT2D eigenvalue weighted by atomic mass is 10.1. The highest BCUT2D eigenvalue weighted by Crippen LogP contribution is 2.18. The number of amides is 1. The Morgan fingerprint density at radius 1 is 1.15 bits per heavy atom. The summed E-state index contributed by atoms with van der Waals surface area (Å²) >= 11 is 0. The van der Waals surface area contributed by atoms with Crippen LogP contribution in [0.2, 0.25) is 0 Å². The first kappa shape index (κ1) is 14.2. The van der Waals surface area contributed by atoms with Gasteiger partial charge in [0, 0.05) is 17.8 Å². The lowest BCUT2D eigenvalue weighted by Crippen LogP contribution is -2.13. The van der Waals surface area contributed by atoms with Crippen LogP contribution in [0.3, 0.4) is 0 Å². The molecule has 3 nitrogen and oxygen atoms in total. The van der Waals surface area contributed by atoms with E-state index in [4.69, 9.17) is 5.73 Å². The largest absolute Gasteiger partial charge is 0.326 e. The van der Waals surface area contributed by atoms with Crippen LogP contribution in [-0.4, -0.2) is 5.91 Å². The lowest BCUT2D eigenvalue weighted by Gasteiger charge is -2.10. The molecule has 4 heteroatoms. The Kier molecular flexibility index (Phi) is 4.15. The number of nitrogens with two attached hydrogens (primary N) is 1. The molecule has 2 rings (SSSR count). The van der Waals surface area contributed by atoms with Crippen LogP contribution in [0.15, 0.2) is 36.4 Å². The van der Waals surface area contributed by atoms with Crippen LogP contribution in [-0.2, 0) is 6.54 Å². The topological polar surface area (TPSA) is 55.1 Å². The summed E-state index contributed by atoms with van der Waals surface area (Å²) < 4.78 is 13.2. The first-order valence-electron chi connectivity index (χ1n) is 6.38.